The van der Waals surface area contributed by atoms with Gasteiger partial charge < -0.3 is 15.1 Å². The second kappa shape index (κ2) is 7.18. The van der Waals surface area contributed by atoms with Gasteiger partial charge in [-0.25, -0.2) is 0 Å². The smallest absolute Gasteiger partial charge is 0.246 e. The number of carbonyl (C=O) groups excluding carboxylic acids is 2. The van der Waals surface area contributed by atoms with Crippen LogP contribution in [0, 0.1) is 0 Å². The van der Waals surface area contributed by atoms with E-state index < -0.39 is 0 Å². The van der Waals surface area contributed by atoms with Crippen LogP contribution < -0.4 is 10.2 Å². The summed E-state index contributed by atoms with van der Waals surface area (Å²) in [6, 6.07) is 8.44. The molecule has 0 saturated carbocycles. The van der Waals surface area contributed by atoms with Crippen LogP contribution in [0.3, 0.4) is 0 Å². The highest BCUT2D eigenvalue weighted by atomic mass is 16.2. The van der Waals surface area contributed by atoms with Crippen LogP contribution in [0.4, 0.5) is 5.69 Å². The second-order valence-corrected chi connectivity index (χ2v) is 6.79. The van der Waals surface area contributed by atoms with Gasteiger partial charge in [-0.1, -0.05) is 12.1 Å². The Hall–Kier alpha value is -2.14. The zero-order chi connectivity index (χ0) is 17.1. The van der Waals surface area contributed by atoms with Gasteiger partial charge in [0.15, 0.2) is 0 Å². The fraction of sp³-hybridized carbons (Fsp3) is 0.474. The minimum Gasteiger partial charge on any atom is -0.336 e. The predicted octanol–water partition coefficient (Wildman–Crippen LogP) is 2.04. The van der Waals surface area contributed by atoms with E-state index in [4.69, 9.17) is 0 Å². The molecule has 2 aliphatic heterocycles. The molecule has 128 valence electrons. The molecule has 0 radical (unpaired) electrons. The quantitative estimate of drug-likeness (QED) is 0.865. The van der Waals surface area contributed by atoms with Crippen LogP contribution >= 0.6 is 0 Å². The Labute approximate surface area is 143 Å². The lowest BCUT2D eigenvalue weighted by Gasteiger charge is -2.35. The van der Waals surface area contributed by atoms with Crippen molar-refractivity contribution in [3.63, 3.8) is 0 Å². The minimum atomic E-state index is 0.0500. The van der Waals surface area contributed by atoms with Gasteiger partial charge in [0.1, 0.15) is 0 Å². The first-order valence-electron chi connectivity index (χ1n) is 8.66. The molecular formula is C19H25N3O2. The topological polar surface area (TPSA) is 52.7 Å². The molecule has 5 nitrogen and oxygen atoms in total. The third-order valence-corrected chi connectivity index (χ3v) is 4.57. The van der Waals surface area contributed by atoms with Crippen LogP contribution in [0.2, 0.25) is 0 Å². The number of nitrogens with one attached hydrogen (secondary N) is 1. The van der Waals surface area contributed by atoms with E-state index in [-0.39, 0.29) is 11.8 Å². The van der Waals surface area contributed by atoms with E-state index in [1.165, 1.54) is 0 Å². The Morgan fingerprint density at radius 2 is 1.83 bits per heavy atom. The summed E-state index contributed by atoms with van der Waals surface area (Å²) < 4.78 is 0. The molecule has 0 bridgehead atoms. The van der Waals surface area contributed by atoms with Gasteiger partial charge in [-0.05, 0) is 44.0 Å². The summed E-state index contributed by atoms with van der Waals surface area (Å²) in [5.74, 6) is 0.240. The third-order valence-electron chi connectivity index (χ3n) is 4.57. The number of benzene rings is 1. The number of hydrogen-bond acceptors (Lipinski definition) is 3. The summed E-state index contributed by atoms with van der Waals surface area (Å²) in [6.45, 7) is 6.47. The van der Waals surface area contributed by atoms with Gasteiger partial charge in [0.05, 0.1) is 0 Å². The molecule has 3 rings (SSSR count). The number of nitrogens with zero attached hydrogens (tertiary/aromatic N) is 2. The van der Waals surface area contributed by atoms with E-state index >= 15 is 0 Å². The van der Waals surface area contributed by atoms with Crippen LogP contribution in [-0.2, 0) is 9.59 Å². The molecule has 5 heteroatoms. The fourth-order valence-electron chi connectivity index (χ4n) is 3.47. The van der Waals surface area contributed by atoms with Crippen molar-refractivity contribution >= 4 is 23.6 Å². The summed E-state index contributed by atoms with van der Waals surface area (Å²) in [6.07, 6.45) is 5.05. The molecule has 0 aliphatic carbocycles. The average Bonchev–Trinajstić information content (AvgIpc) is 2.98. The standard InChI is InChI=1S/C19H25N3O2/c1-14-12-21(13-15(2)20-14)18(23)10-7-16-5-8-17(9-6-16)22-11-3-4-19(22)24/h5-10,14-15,20H,3-4,11-13H2,1-2H3/b10-7+. The van der Waals surface area contributed by atoms with Crippen molar-refractivity contribution < 1.29 is 9.59 Å². The third kappa shape index (κ3) is 3.85. The van der Waals surface area contributed by atoms with Crippen LogP contribution in [-0.4, -0.2) is 48.4 Å². The first kappa shape index (κ1) is 16.7. The van der Waals surface area contributed by atoms with Crippen molar-refractivity contribution in [3.8, 4) is 0 Å². The number of amides is 2. The summed E-state index contributed by atoms with van der Waals surface area (Å²) in [4.78, 5) is 27.8. The first-order valence-corrected chi connectivity index (χ1v) is 8.66. The van der Waals surface area contributed by atoms with Gasteiger partial charge >= 0.3 is 0 Å². The lowest BCUT2D eigenvalue weighted by Crippen LogP contribution is -2.55. The molecule has 1 aromatic carbocycles. The molecule has 0 spiro atoms. The Morgan fingerprint density at radius 1 is 1.17 bits per heavy atom. The average molecular weight is 327 g/mol. The molecule has 2 saturated heterocycles. The van der Waals surface area contributed by atoms with Crippen LogP contribution in [0.1, 0.15) is 32.3 Å². The largest absolute Gasteiger partial charge is 0.336 e. The van der Waals surface area contributed by atoms with Crippen molar-refractivity contribution in [2.45, 2.75) is 38.8 Å². The summed E-state index contributed by atoms with van der Waals surface area (Å²) in [5.41, 5.74) is 1.90. The van der Waals surface area contributed by atoms with Crippen LogP contribution in [0.25, 0.3) is 6.08 Å². The van der Waals surface area contributed by atoms with E-state index in [0.29, 0.717) is 18.5 Å². The molecule has 2 aliphatic rings. The highest BCUT2D eigenvalue weighted by Gasteiger charge is 2.23. The molecule has 24 heavy (non-hydrogen) atoms. The molecule has 2 fully saturated rings. The van der Waals surface area contributed by atoms with Gasteiger partial charge in [0, 0.05) is 49.9 Å². The Bertz CT molecular complexity index is 629. The van der Waals surface area contributed by atoms with Crippen molar-refractivity contribution in [1.29, 1.82) is 0 Å². The molecule has 2 amide bonds. The van der Waals surface area contributed by atoms with E-state index in [1.54, 1.807) is 6.08 Å². The number of rotatable bonds is 3. The van der Waals surface area contributed by atoms with Crippen LogP contribution in [0.15, 0.2) is 30.3 Å². The highest BCUT2D eigenvalue weighted by Crippen LogP contribution is 2.22. The number of anilines is 1. The molecule has 0 aromatic heterocycles. The summed E-state index contributed by atoms with van der Waals surface area (Å²) in [7, 11) is 0. The summed E-state index contributed by atoms with van der Waals surface area (Å²) in [5, 5.41) is 3.42. The van der Waals surface area contributed by atoms with Crippen molar-refractivity contribution in [3.05, 3.63) is 35.9 Å². The van der Waals surface area contributed by atoms with Gasteiger partial charge in [-0.3, -0.25) is 9.59 Å². The predicted molar refractivity (Wildman–Crippen MR) is 95.7 cm³/mol. The monoisotopic (exact) mass is 327 g/mol. The molecule has 1 aromatic rings. The SMILES string of the molecule is CC1CN(C(=O)/C=C/c2ccc(N3CCCC3=O)cc2)CC(C)N1. The molecular weight excluding hydrogens is 302 g/mol. The van der Waals surface area contributed by atoms with Gasteiger partial charge in [0.25, 0.3) is 0 Å². The highest BCUT2D eigenvalue weighted by molar-refractivity contribution is 5.95. The number of hydrogen-bond donors (Lipinski definition) is 1. The van der Waals surface area contributed by atoms with Crippen molar-refractivity contribution in [1.82, 2.24) is 10.2 Å². The van der Waals surface area contributed by atoms with E-state index in [0.717, 1.165) is 37.3 Å². The normalized spacial score (nSPS) is 24.8. The Balaban J connectivity index is 1.62. The molecule has 2 unspecified atom stereocenters. The van der Waals surface area contributed by atoms with Gasteiger partial charge in [0.2, 0.25) is 11.8 Å². The second-order valence-electron chi connectivity index (χ2n) is 6.79. The van der Waals surface area contributed by atoms with Gasteiger partial charge in [-0.15, -0.1) is 0 Å². The van der Waals surface area contributed by atoms with E-state index in [2.05, 4.69) is 19.2 Å². The lowest BCUT2D eigenvalue weighted by molar-refractivity contribution is -0.127. The molecule has 1 N–H and O–H groups in total. The minimum absolute atomic E-state index is 0.0500. The van der Waals surface area contributed by atoms with Crippen molar-refractivity contribution in [2.75, 3.05) is 24.5 Å². The maximum absolute atomic E-state index is 12.3. The Morgan fingerprint density at radius 3 is 2.42 bits per heavy atom. The lowest BCUT2D eigenvalue weighted by atomic mass is 10.1. The van der Waals surface area contributed by atoms with Crippen LogP contribution in [0.5, 0.6) is 0 Å². The maximum Gasteiger partial charge on any atom is 0.246 e. The van der Waals surface area contributed by atoms with Crippen molar-refractivity contribution in [2.24, 2.45) is 0 Å². The Kier molecular flexibility index (Phi) is 5.00. The van der Waals surface area contributed by atoms with E-state index in [1.807, 2.05) is 40.1 Å². The summed E-state index contributed by atoms with van der Waals surface area (Å²) >= 11 is 0. The number of piperazine rings is 1. The molecule has 2 heterocycles. The maximum atomic E-state index is 12.3. The first-order chi connectivity index (χ1) is 11.5. The zero-order valence-electron chi connectivity index (χ0n) is 14.4. The fourth-order valence-corrected chi connectivity index (χ4v) is 3.47. The number of carbonyl (C=O) groups is 2. The van der Waals surface area contributed by atoms with Gasteiger partial charge in [-0.2, -0.15) is 0 Å². The van der Waals surface area contributed by atoms with E-state index in [9.17, 15) is 9.59 Å². The zero-order valence-corrected chi connectivity index (χ0v) is 14.4. The molecule has 2 atom stereocenters.